The largest absolute Gasteiger partial charge is 0.467 e. The van der Waals surface area contributed by atoms with Gasteiger partial charge in [0.15, 0.2) is 5.82 Å². The van der Waals surface area contributed by atoms with Crippen LogP contribution in [0.3, 0.4) is 0 Å². The number of amides is 1. The van der Waals surface area contributed by atoms with Crippen LogP contribution < -0.4 is 0 Å². The molecule has 1 amide bonds. The molecule has 226 valence electrons. The van der Waals surface area contributed by atoms with E-state index in [4.69, 9.17) is 21.0 Å². The van der Waals surface area contributed by atoms with Crippen molar-refractivity contribution in [1.29, 1.82) is 0 Å². The molecule has 7 nitrogen and oxygen atoms in total. The topological polar surface area (TPSA) is 71.6 Å². The van der Waals surface area contributed by atoms with Gasteiger partial charge in [0.1, 0.15) is 5.76 Å². The number of halogens is 1. The number of likely N-dealkylation sites (N-methyl/N-ethyl adjacent to an activating group) is 1. The summed E-state index contributed by atoms with van der Waals surface area (Å²) in [6, 6.07) is 29.0. The van der Waals surface area contributed by atoms with Crippen LogP contribution in [0.4, 0.5) is 0 Å². The van der Waals surface area contributed by atoms with Crippen LogP contribution in [-0.2, 0) is 6.54 Å². The van der Waals surface area contributed by atoms with Gasteiger partial charge in [-0.25, -0.2) is 4.98 Å². The van der Waals surface area contributed by atoms with Crippen molar-refractivity contribution in [1.82, 2.24) is 19.4 Å². The van der Waals surface area contributed by atoms with Crippen LogP contribution in [-0.4, -0.2) is 64.3 Å². The fourth-order valence-electron chi connectivity index (χ4n) is 6.26. The molecule has 1 saturated heterocycles. The van der Waals surface area contributed by atoms with Gasteiger partial charge in [-0.1, -0.05) is 54.1 Å². The molecule has 2 aromatic heterocycles. The highest BCUT2D eigenvalue weighted by Crippen LogP contribution is 2.28. The summed E-state index contributed by atoms with van der Waals surface area (Å²) in [6.45, 7) is 3.63. The van der Waals surface area contributed by atoms with Gasteiger partial charge in [-0.15, -0.1) is 0 Å². The molecular weight excluding hydrogens is 572 g/mol. The average molecular weight is 609 g/mol. The minimum absolute atomic E-state index is 0.00928. The second-order valence-electron chi connectivity index (χ2n) is 11.7. The third kappa shape index (κ3) is 6.79. The highest BCUT2D eigenvalue weighted by molar-refractivity contribution is 6.30. The van der Waals surface area contributed by atoms with Gasteiger partial charge in [0, 0.05) is 36.0 Å². The molecule has 8 heteroatoms. The Morgan fingerprint density at radius 1 is 0.977 bits per heavy atom. The fraction of sp³-hybridized carbons (Fsp3) is 0.306. The van der Waals surface area contributed by atoms with Gasteiger partial charge in [-0.3, -0.25) is 9.59 Å². The number of fused-ring (bicyclic) bond motifs is 1. The summed E-state index contributed by atoms with van der Waals surface area (Å²) in [7, 11) is 1.86. The van der Waals surface area contributed by atoms with Crippen molar-refractivity contribution in [3.05, 3.63) is 125 Å². The second kappa shape index (κ2) is 13.6. The summed E-state index contributed by atoms with van der Waals surface area (Å²) in [5, 5.41) is 0.696. The first-order valence-electron chi connectivity index (χ1n) is 15.3. The molecule has 0 N–H and O–H groups in total. The van der Waals surface area contributed by atoms with E-state index in [1.165, 1.54) is 0 Å². The molecule has 3 aromatic carbocycles. The number of imidazole rings is 1. The lowest BCUT2D eigenvalue weighted by atomic mass is 9.90. The molecule has 44 heavy (non-hydrogen) atoms. The van der Waals surface area contributed by atoms with E-state index in [1.807, 2.05) is 96.5 Å². The number of piperidine rings is 1. The maximum absolute atomic E-state index is 13.8. The zero-order valence-corrected chi connectivity index (χ0v) is 25.7. The van der Waals surface area contributed by atoms with Crippen LogP contribution in [0.25, 0.3) is 11.0 Å². The Morgan fingerprint density at radius 2 is 1.75 bits per heavy atom. The number of hydrogen-bond acceptors (Lipinski definition) is 5. The minimum atomic E-state index is -0.0724. The Morgan fingerprint density at radius 3 is 2.50 bits per heavy atom. The molecule has 1 unspecified atom stereocenters. The number of hydrogen-bond donors (Lipinski definition) is 0. The van der Waals surface area contributed by atoms with E-state index < -0.39 is 0 Å². The number of carbonyl (C=O) groups is 2. The van der Waals surface area contributed by atoms with Crippen molar-refractivity contribution in [3.63, 3.8) is 0 Å². The van der Waals surface area contributed by atoms with E-state index in [0.717, 1.165) is 61.3 Å². The number of rotatable bonds is 11. The number of ketones is 1. The van der Waals surface area contributed by atoms with Gasteiger partial charge in [-0.2, -0.15) is 0 Å². The average Bonchev–Trinajstić information content (AvgIpc) is 3.71. The van der Waals surface area contributed by atoms with Crippen LogP contribution in [0.5, 0.6) is 0 Å². The number of likely N-dealkylation sites (tertiary alicyclic amines) is 1. The number of furan rings is 1. The predicted octanol–water partition coefficient (Wildman–Crippen LogP) is 7.17. The van der Waals surface area contributed by atoms with Crippen molar-refractivity contribution in [3.8, 4) is 0 Å². The molecule has 0 spiro atoms. The monoisotopic (exact) mass is 608 g/mol. The van der Waals surface area contributed by atoms with E-state index in [1.54, 1.807) is 11.2 Å². The minimum Gasteiger partial charge on any atom is -0.467 e. The van der Waals surface area contributed by atoms with Gasteiger partial charge in [0.2, 0.25) is 5.78 Å². The van der Waals surface area contributed by atoms with E-state index in [0.29, 0.717) is 29.5 Å². The lowest BCUT2D eigenvalue weighted by molar-refractivity contribution is 0.0779. The lowest BCUT2D eigenvalue weighted by Crippen LogP contribution is -2.38. The second-order valence-corrected chi connectivity index (χ2v) is 12.1. The van der Waals surface area contributed by atoms with Crippen molar-refractivity contribution >= 4 is 34.3 Å². The molecule has 1 aliphatic heterocycles. The number of aromatic nitrogens is 2. The van der Waals surface area contributed by atoms with E-state index in [2.05, 4.69) is 11.0 Å². The van der Waals surface area contributed by atoms with Gasteiger partial charge in [-0.05, 0) is 93.0 Å². The summed E-state index contributed by atoms with van der Waals surface area (Å²) in [6.07, 6.45) is 4.11. The van der Waals surface area contributed by atoms with Gasteiger partial charge in [0.05, 0.1) is 23.8 Å². The van der Waals surface area contributed by atoms with Gasteiger partial charge in [0.25, 0.3) is 5.91 Å². The third-order valence-electron chi connectivity index (χ3n) is 8.70. The first-order chi connectivity index (χ1) is 21.5. The predicted molar refractivity (Wildman–Crippen MR) is 173 cm³/mol. The molecule has 0 bridgehead atoms. The Balaban J connectivity index is 1.10. The van der Waals surface area contributed by atoms with Crippen molar-refractivity contribution in [2.45, 2.75) is 31.7 Å². The Kier molecular flexibility index (Phi) is 9.24. The quantitative estimate of drug-likeness (QED) is 0.149. The Labute approximate surface area is 263 Å². The number of benzene rings is 3. The molecule has 0 aliphatic carbocycles. The van der Waals surface area contributed by atoms with Crippen LogP contribution in [0.1, 0.15) is 57.5 Å². The highest BCUT2D eigenvalue weighted by atomic mass is 35.5. The van der Waals surface area contributed by atoms with Crippen molar-refractivity contribution in [2.75, 3.05) is 33.2 Å². The molecule has 0 saturated carbocycles. The molecule has 0 radical (unpaired) electrons. The van der Waals surface area contributed by atoms with Gasteiger partial charge < -0.3 is 18.8 Å². The molecule has 1 atom stereocenters. The van der Waals surface area contributed by atoms with Crippen LogP contribution in [0.15, 0.2) is 102 Å². The molecule has 3 heterocycles. The van der Waals surface area contributed by atoms with E-state index in [-0.39, 0.29) is 23.5 Å². The maximum Gasteiger partial charge on any atom is 0.253 e. The molecule has 6 rings (SSSR count). The van der Waals surface area contributed by atoms with Crippen molar-refractivity contribution < 1.29 is 14.0 Å². The van der Waals surface area contributed by atoms with E-state index >= 15 is 0 Å². The molecule has 1 aliphatic rings. The summed E-state index contributed by atoms with van der Waals surface area (Å²) in [5.74, 6) is 1.47. The van der Waals surface area contributed by atoms with Gasteiger partial charge >= 0.3 is 0 Å². The molecular formula is C36H37ClN4O3. The van der Waals surface area contributed by atoms with Crippen LogP contribution in [0, 0.1) is 5.92 Å². The fourth-order valence-corrected chi connectivity index (χ4v) is 6.46. The summed E-state index contributed by atoms with van der Waals surface area (Å²) < 4.78 is 7.59. The summed E-state index contributed by atoms with van der Waals surface area (Å²) >= 11 is 6.37. The number of nitrogens with zero attached hydrogens (tertiary/aromatic N) is 4. The van der Waals surface area contributed by atoms with E-state index in [9.17, 15) is 9.59 Å². The maximum atomic E-state index is 13.8. The third-order valence-corrected chi connectivity index (χ3v) is 8.94. The SMILES string of the molecule is CN(CC(CCN1CCC(C(=O)c2nc3ccccc3n2Cc2ccco2)CC1)c1cccc(Cl)c1)C(=O)c1ccccc1. The highest BCUT2D eigenvalue weighted by Gasteiger charge is 2.30. The first-order valence-corrected chi connectivity index (χ1v) is 15.6. The number of carbonyl (C=O) groups excluding carboxylic acids is 2. The Bertz CT molecular complexity index is 1710. The van der Waals surface area contributed by atoms with Crippen molar-refractivity contribution in [2.24, 2.45) is 5.92 Å². The summed E-state index contributed by atoms with van der Waals surface area (Å²) in [4.78, 5) is 36.0. The van der Waals surface area contributed by atoms with Crippen LogP contribution >= 0.6 is 11.6 Å². The zero-order valence-electron chi connectivity index (χ0n) is 24.9. The Hall–Kier alpha value is -4.20. The first kappa shape index (κ1) is 29.9. The molecule has 5 aromatic rings. The smallest absolute Gasteiger partial charge is 0.253 e. The molecule has 1 fully saturated rings. The normalized spacial score (nSPS) is 15.0. The number of para-hydroxylation sites is 2. The summed E-state index contributed by atoms with van der Waals surface area (Å²) in [5.41, 5.74) is 3.57. The number of Topliss-reactive ketones (excluding diaryl/α,β-unsaturated/α-hetero) is 1. The lowest BCUT2D eigenvalue weighted by Gasteiger charge is -2.33. The van der Waals surface area contributed by atoms with Crippen LogP contribution in [0.2, 0.25) is 5.02 Å². The zero-order chi connectivity index (χ0) is 30.5. The standard InChI is InChI=1S/C36H37ClN4O3/c1-39(36(43)27-9-3-2-4-10-27)24-29(28-11-7-12-30(37)23-28)18-21-40-19-16-26(17-20-40)34(42)35-38-32-14-5-6-15-33(32)41(35)25-31-13-8-22-44-31/h2-15,22-23,26,29H,16-21,24-25H2,1H3.